The molecule has 7 nitrogen and oxygen atoms in total. The van der Waals surface area contributed by atoms with Crippen LogP contribution in [0, 0.1) is 0 Å². The molecule has 2 heterocycles. The SMILES string of the molecule is COc1ccc(Br)cc1CNc1ccc(N2CCOCC2)cc1.Oc1ccc(Cc2c[nH]c3ccccc23)cc1O. The second-order valence-electron chi connectivity index (χ2n) is 9.82. The number of anilines is 2. The molecule has 6 rings (SSSR count). The van der Waals surface area contributed by atoms with Crippen molar-refractivity contribution in [2.45, 2.75) is 13.0 Å². The van der Waals surface area contributed by atoms with E-state index < -0.39 is 0 Å². The van der Waals surface area contributed by atoms with E-state index in [4.69, 9.17) is 9.47 Å². The third-order valence-electron chi connectivity index (χ3n) is 7.08. The van der Waals surface area contributed by atoms with Crippen molar-refractivity contribution in [3.8, 4) is 17.2 Å². The van der Waals surface area contributed by atoms with Crippen molar-refractivity contribution in [2.75, 3.05) is 43.6 Å². The molecule has 1 aliphatic heterocycles. The number of hydrogen-bond acceptors (Lipinski definition) is 6. The predicted molar refractivity (Wildman–Crippen MR) is 168 cm³/mol. The summed E-state index contributed by atoms with van der Waals surface area (Å²) in [7, 11) is 1.70. The molecule has 1 aromatic heterocycles. The average Bonchev–Trinajstić information content (AvgIpc) is 3.42. The van der Waals surface area contributed by atoms with Crippen molar-refractivity contribution < 1.29 is 19.7 Å². The fraction of sp³-hybridized carbons (Fsp3) is 0.212. The van der Waals surface area contributed by atoms with Crippen LogP contribution in [-0.4, -0.2) is 48.6 Å². The van der Waals surface area contributed by atoms with Crippen LogP contribution in [0.25, 0.3) is 10.9 Å². The van der Waals surface area contributed by atoms with Gasteiger partial charge in [-0.05, 0) is 78.2 Å². The van der Waals surface area contributed by atoms with Gasteiger partial charge >= 0.3 is 0 Å². The van der Waals surface area contributed by atoms with Gasteiger partial charge in [-0.3, -0.25) is 0 Å². The minimum atomic E-state index is -0.0855. The second-order valence-corrected chi connectivity index (χ2v) is 10.7. The lowest BCUT2D eigenvalue weighted by molar-refractivity contribution is 0.122. The van der Waals surface area contributed by atoms with Gasteiger partial charge in [-0.15, -0.1) is 0 Å². The van der Waals surface area contributed by atoms with Crippen molar-refractivity contribution in [3.63, 3.8) is 0 Å². The first kappa shape index (κ1) is 28.4. The van der Waals surface area contributed by atoms with E-state index in [1.165, 1.54) is 22.7 Å². The largest absolute Gasteiger partial charge is 0.504 e. The van der Waals surface area contributed by atoms with Gasteiger partial charge in [-0.1, -0.05) is 40.2 Å². The summed E-state index contributed by atoms with van der Waals surface area (Å²) in [5.74, 6) is 0.732. The highest BCUT2D eigenvalue weighted by molar-refractivity contribution is 9.10. The van der Waals surface area contributed by atoms with E-state index in [-0.39, 0.29) is 11.5 Å². The molecule has 41 heavy (non-hydrogen) atoms. The predicted octanol–water partition coefficient (Wildman–Crippen LogP) is 7.08. The molecule has 0 atom stereocenters. The van der Waals surface area contributed by atoms with E-state index in [1.807, 2.05) is 42.6 Å². The van der Waals surface area contributed by atoms with E-state index >= 15 is 0 Å². The van der Waals surface area contributed by atoms with Crippen LogP contribution in [-0.2, 0) is 17.7 Å². The molecule has 0 saturated carbocycles. The number of phenolic OH excluding ortho intramolecular Hbond substituents is 2. The normalized spacial score (nSPS) is 13.0. The van der Waals surface area contributed by atoms with Crippen LogP contribution in [0.4, 0.5) is 11.4 Å². The van der Waals surface area contributed by atoms with Crippen LogP contribution in [0.3, 0.4) is 0 Å². The summed E-state index contributed by atoms with van der Waals surface area (Å²) in [6, 6.07) is 27.6. The Morgan fingerprint density at radius 3 is 2.44 bits per heavy atom. The topological polar surface area (TPSA) is 90.0 Å². The first-order chi connectivity index (χ1) is 20.0. The van der Waals surface area contributed by atoms with Crippen molar-refractivity contribution in [1.82, 2.24) is 4.98 Å². The summed E-state index contributed by atoms with van der Waals surface area (Å²) in [5.41, 5.74) is 6.73. The van der Waals surface area contributed by atoms with Crippen molar-refractivity contribution in [1.29, 1.82) is 0 Å². The lowest BCUT2D eigenvalue weighted by Crippen LogP contribution is -2.36. The summed E-state index contributed by atoms with van der Waals surface area (Å²) in [4.78, 5) is 5.57. The zero-order valence-corrected chi connectivity index (χ0v) is 24.5. The Morgan fingerprint density at radius 2 is 1.68 bits per heavy atom. The lowest BCUT2D eigenvalue weighted by Gasteiger charge is -2.29. The zero-order chi connectivity index (χ0) is 28.6. The maximum Gasteiger partial charge on any atom is 0.157 e. The van der Waals surface area contributed by atoms with Crippen molar-refractivity contribution in [2.24, 2.45) is 0 Å². The molecule has 8 heteroatoms. The highest BCUT2D eigenvalue weighted by atomic mass is 79.9. The molecule has 1 aliphatic rings. The van der Waals surface area contributed by atoms with Gasteiger partial charge in [0.15, 0.2) is 11.5 Å². The Hall–Kier alpha value is -4.14. The highest BCUT2D eigenvalue weighted by Crippen LogP contribution is 2.28. The number of benzene rings is 4. The minimum absolute atomic E-state index is 0.0765. The van der Waals surface area contributed by atoms with Gasteiger partial charge in [0.1, 0.15) is 5.75 Å². The summed E-state index contributed by atoms with van der Waals surface area (Å²) in [6.07, 6.45) is 2.70. The smallest absolute Gasteiger partial charge is 0.157 e. The number of rotatable bonds is 7. The van der Waals surface area contributed by atoms with E-state index in [2.05, 4.69) is 67.5 Å². The Bertz CT molecular complexity index is 1580. The number of ether oxygens (including phenoxy) is 2. The van der Waals surface area contributed by atoms with E-state index in [9.17, 15) is 10.2 Å². The Labute approximate surface area is 248 Å². The molecule has 4 aromatic carbocycles. The molecule has 0 bridgehead atoms. The van der Waals surface area contributed by atoms with Gasteiger partial charge in [0, 0.05) is 58.1 Å². The highest BCUT2D eigenvalue weighted by Gasteiger charge is 2.11. The number of para-hydroxylation sites is 1. The van der Waals surface area contributed by atoms with Crippen LogP contribution in [0.15, 0.2) is 95.6 Å². The number of nitrogens with zero attached hydrogens (tertiary/aromatic N) is 1. The molecule has 1 fully saturated rings. The summed E-state index contributed by atoms with van der Waals surface area (Å²) >= 11 is 3.51. The van der Waals surface area contributed by atoms with E-state index in [0.29, 0.717) is 0 Å². The molecule has 5 aromatic rings. The maximum absolute atomic E-state index is 9.48. The van der Waals surface area contributed by atoms with Crippen molar-refractivity contribution in [3.05, 3.63) is 112 Å². The number of aromatic nitrogens is 1. The number of fused-ring (bicyclic) bond motifs is 1. The van der Waals surface area contributed by atoms with Crippen LogP contribution >= 0.6 is 15.9 Å². The second kappa shape index (κ2) is 13.5. The third kappa shape index (κ3) is 7.34. The number of morpholine rings is 1. The van der Waals surface area contributed by atoms with Gasteiger partial charge in [0.25, 0.3) is 0 Å². The minimum Gasteiger partial charge on any atom is -0.504 e. The first-order valence-corrected chi connectivity index (χ1v) is 14.3. The first-order valence-electron chi connectivity index (χ1n) is 13.5. The number of phenols is 2. The Morgan fingerprint density at radius 1 is 0.902 bits per heavy atom. The van der Waals surface area contributed by atoms with E-state index in [0.717, 1.165) is 71.8 Å². The molecule has 0 aliphatic carbocycles. The van der Waals surface area contributed by atoms with Crippen LogP contribution in [0.2, 0.25) is 0 Å². The van der Waals surface area contributed by atoms with Gasteiger partial charge < -0.3 is 34.9 Å². The molecule has 1 saturated heterocycles. The average molecular weight is 617 g/mol. The van der Waals surface area contributed by atoms with Crippen molar-refractivity contribution >= 4 is 38.2 Å². The fourth-order valence-electron chi connectivity index (χ4n) is 4.87. The molecular weight excluding hydrogens is 582 g/mol. The summed E-state index contributed by atoms with van der Waals surface area (Å²) in [6.45, 7) is 4.26. The number of aromatic amines is 1. The number of aromatic hydroxyl groups is 2. The van der Waals surface area contributed by atoms with E-state index in [1.54, 1.807) is 13.2 Å². The monoisotopic (exact) mass is 615 g/mol. The third-order valence-corrected chi connectivity index (χ3v) is 7.57. The molecule has 212 valence electrons. The number of nitrogens with one attached hydrogen (secondary N) is 2. The van der Waals surface area contributed by atoms with Gasteiger partial charge in [0.2, 0.25) is 0 Å². The standard InChI is InChI=1S/C18H21BrN2O2.C15H13NO2/c1-22-18-7-2-15(19)12-14(18)13-20-16-3-5-17(6-4-16)21-8-10-23-11-9-21;17-14-6-5-10(8-15(14)18)7-11-9-16-13-4-2-1-3-12(11)13/h2-7,12,20H,8-11,13H2,1H3;1-6,8-9,16-18H,7H2. The molecular formula is C33H34BrN3O4. The van der Waals surface area contributed by atoms with Gasteiger partial charge in [0.05, 0.1) is 20.3 Å². The molecule has 4 N–H and O–H groups in total. The Kier molecular flexibility index (Phi) is 9.33. The van der Waals surface area contributed by atoms with Gasteiger partial charge in [-0.2, -0.15) is 0 Å². The fourth-order valence-corrected chi connectivity index (χ4v) is 5.28. The summed E-state index contributed by atoms with van der Waals surface area (Å²) in [5, 5.41) is 23.4. The number of H-pyrrole nitrogens is 1. The molecule has 0 radical (unpaired) electrons. The molecule has 0 amide bonds. The number of halogens is 1. The van der Waals surface area contributed by atoms with Crippen LogP contribution in [0.1, 0.15) is 16.7 Å². The molecule has 0 spiro atoms. The summed E-state index contributed by atoms with van der Waals surface area (Å²) < 4.78 is 11.9. The maximum atomic E-state index is 9.48. The number of methoxy groups -OCH3 is 1. The van der Waals surface area contributed by atoms with Gasteiger partial charge in [-0.25, -0.2) is 0 Å². The number of hydrogen-bond donors (Lipinski definition) is 4. The molecule has 0 unspecified atom stereocenters. The van der Waals surface area contributed by atoms with Crippen LogP contribution < -0.4 is 15.0 Å². The Balaban J connectivity index is 0.000000169. The lowest BCUT2D eigenvalue weighted by atomic mass is 10.0. The quantitative estimate of drug-likeness (QED) is 0.146. The van der Waals surface area contributed by atoms with Crippen LogP contribution in [0.5, 0.6) is 17.2 Å². The zero-order valence-electron chi connectivity index (χ0n) is 22.9.